The number of hydrogen-bond donors (Lipinski definition) is 4. The van der Waals surface area contributed by atoms with E-state index in [9.17, 15) is 4.79 Å². The molecule has 0 spiro atoms. The van der Waals surface area contributed by atoms with E-state index in [0.717, 1.165) is 0 Å². The summed E-state index contributed by atoms with van der Waals surface area (Å²) in [4.78, 5) is 24.3. The first-order valence-corrected chi connectivity index (χ1v) is 6.70. The number of hydrogen-bond acceptors (Lipinski definition) is 8. The summed E-state index contributed by atoms with van der Waals surface area (Å²) in [7, 11) is 0. The van der Waals surface area contributed by atoms with Crippen LogP contribution >= 0.6 is 46.4 Å². The van der Waals surface area contributed by atoms with Gasteiger partial charge in [0, 0.05) is 0 Å². The Kier molecular flexibility index (Phi) is 6.62. The summed E-state index contributed by atoms with van der Waals surface area (Å²) >= 11 is 22.1. The lowest BCUT2D eigenvalue weighted by atomic mass is 10.5. The summed E-state index contributed by atoms with van der Waals surface area (Å²) in [5.74, 6) is -0.0225. The van der Waals surface area contributed by atoms with Crippen molar-refractivity contribution < 1.29 is 4.79 Å². The Morgan fingerprint density at radius 2 is 1.14 bits per heavy atom. The molecule has 7 N–H and O–H groups in total. The molecule has 0 aliphatic rings. The molecule has 2 heterocycles. The third-order valence-corrected chi connectivity index (χ3v) is 3.03. The van der Waals surface area contributed by atoms with Gasteiger partial charge in [0.1, 0.15) is 11.4 Å². The molecule has 2 aromatic heterocycles. The van der Waals surface area contributed by atoms with Crippen LogP contribution in [0.5, 0.6) is 0 Å². The van der Waals surface area contributed by atoms with Crippen molar-refractivity contribution in [1.29, 1.82) is 0 Å². The van der Waals surface area contributed by atoms with E-state index in [1.54, 1.807) is 0 Å². The Balaban J connectivity index is 0.000000224. The number of nitrogen functional groups attached to an aromatic ring is 3. The van der Waals surface area contributed by atoms with Gasteiger partial charge in [0.25, 0.3) is 0 Å². The van der Waals surface area contributed by atoms with Gasteiger partial charge in [-0.15, -0.1) is 0 Å². The highest BCUT2D eigenvalue weighted by Crippen LogP contribution is 2.26. The Morgan fingerprint density at radius 1 is 0.773 bits per heavy atom. The highest BCUT2D eigenvalue weighted by atomic mass is 35.5. The van der Waals surface area contributed by atoms with Gasteiger partial charge in [-0.3, -0.25) is 4.79 Å². The maximum atomic E-state index is 10.0. The van der Waals surface area contributed by atoms with Crippen LogP contribution in [0, 0.1) is 0 Å². The molecule has 1 amide bonds. The fraction of sp³-hybridized carbons (Fsp3) is 0. The molecular weight excluding hydrogens is 378 g/mol. The number of anilines is 4. The van der Waals surface area contributed by atoms with Crippen molar-refractivity contribution >= 4 is 76.1 Å². The summed E-state index contributed by atoms with van der Waals surface area (Å²) in [5, 5.41) is 2.44. The van der Waals surface area contributed by atoms with Crippen molar-refractivity contribution in [3.05, 3.63) is 20.6 Å². The quantitative estimate of drug-likeness (QED) is 0.450. The van der Waals surface area contributed by atoms with Crippen LogP contribution in [0.3, 0.4) is 0 Å². The third-order valence-electron chi connectivity index (χ3n) is 1.91. The fourth-order valence-corrected chi connectivity index (χ4v) is 1.94. The largest absolute Gasteiger partial charge is 0.394 e. The molecule has 0 aromatic carbocycles. The van der Waals surface area contributed by atoms with Crippen LogP contribution in [0.1, 0.15) is 0 Å². The molecule has 0 fully saturated rings. The molecule has 2 rings (SSSR count). The molecule has 118 valence electrons. The molecule has 2 aromatic rings. The predicted octanol–water partition coefficient (Wildman–Crippen LogP) is 1.88. The minimum Gasteiger partial charge on any atom is -0.394 e. The normalized spacial score (nSPS) is 9.64. The average Bonchev–Trinajstić information content (AvgIpc) is 2.40. The molecule has 9 nitrogen and oxygen atoms in total. The Morgan fingerprint density at radius 3 is 1.50 bits per heavy atom. The van der Waals surface area contributed by atoms with Crippen molar-refractivity contribution in [2.24, 2.45) is 0 Å². The van der Waals surface area contributed by atoms with Crippen LogP contribution in [-0.2, 0) is 4.79 Å². The SMILES string of the molecule is Nc1nc(Cl)c(N)c(Cl)n1.Nc1nc(Cl)c(NC=O)c(Cl)n1. The number of rotatable bonds is 2. The first-order chi connectivity index (χ1) is 10.3. The highest BCUT2D eigenvalue weighted by molar-refractivity contribution is 6.38. The molecule has 13 heteroatoms. The van der Waals surface area contributed by atoms with E-state index in [4.69, 9.17) is 63.6 Å². The van der Waals surface area contributed by atoms with Gasteiger partial charge in [-0.1, -0.05) is 46.4 Å². The van der Waals surface area contributed by atoms with E-state index >= 15 is 0 Å². The van der Waals surface area contributed by atoms with E-state index in [1.807, 2.05) is 0 Å². The van der Waals surface area contributed by atoms with Gasteiger partial charge >= 0.3 is 0 Å². The lowest BCUT2D eigenvalue weighted by Gasteiger charge is -2.03. The zero-order valence-corrected chi connectivity index (χ0v) is 13.5. The van der Waals surface area contributed by atoms with Crippen LogP contribution in [0.4, 0.5) is 23.3 Å². The van der Waals surface area contributed by atoms with Crippen LogP contribution in [0.15, 0.2) is 0 Å². The third kappa shape index (κ3) is 4.88. The maximum absolute atomic E-state index is 10.0. The smallest absolute Gasteiger partial charge is 0.223 e. The predicted molar refractivity (Wildman–Crippen MR) is 87.0 cm³/mol. The molecule has 0 saturated heterocycles. The Labute approximate surface area is 144 Å². The van der Waals surface area contributed by atoms with Gasteiger partial charge < -0.3 is 22.5 Å². The highest BCUT2D eigenvalue weighted by Gasteiger charge is 2.08. The van der Waals surface area contributed by atoms with Crippen molar-refractivity contribution in [3.8, 4) is 0 Å². The summed E-state index contributed by atoms with van der Waals surface area (Å²) in [6.45, 7) is 0. The van der Waals surface area contributed by atoms with E-state index < -0.39 is 0 Å². The Hall–Kier alpha value is -1.81. The maximum Gasteiger partial charge on any atom is 0.223 e. The summed E-state index contributed by atoms with van der Waals surface area (Å²) in [5.41, 5.74) is 16.0. The Bertz CT molecular complexity index is 651. The van der Waals surface area contributed by atoms with Gasteiger partial charge in [0.2, 0.25) is 18.3 Å². The number of nitrogens with one attached hydrogen (secondary N) is 1. The summed E-state index contributed by atoms with van der Waals surface area (Å²) in [6.07, 6.45) is 0.423. The monoisotopic (exact) mass is 384 g/mol. The van der Waals surface area contributed by atoms with Crippen molar-refractivity contribution in [3.63, 3.8) is 0 Å². The zero-order valence-electron chi connectivity index (χ0n) is 10.5. The second kappa shape index (κ2) is 7.99. The molecule has 0 atom stereocenters. The summed E-state index contributed by atoms with van der Waals surface area (Å²) in [6, 6.07) is 0. The van der Waals surface area contributed by atoms with Crippen molar-refractivity contribution in [1.82, 2.24) is 19.9 Å². The lowest BCUT2D eigenvalue weighted by molar-refractivity contribution is -0.105. The minimum absolute atomic E-state index is 0.0135. The number of amides is 1. The number of halogens is 4. The first kappa shape index (κ1) is 18.2. The number of carbonyl (C=O) groups excluding carboxylic acids is 1. The summed E-state index contributed by atoms with van der Waals surface area (Å²) < 4.78 is 0. The molecule has 0 unspecified atom stereocenters. The molecule has 0 bridgehead atoms. The van der Waals surface area contributed by atoms with Gasteiger partial charge in [-0.25, -0.2) is 0 Å². The average molecular weight is 386 g/mol. The number of nitrogens with zero attached hydrogens (tertiary/aromatic N) is 4. The van der Waals surface area contributed by atoms with E-state index in [2.05, 4.69) is 25.3 Å². The van der Waals surface area contributed by atoms with Gasteiger partial charge in [0.05, 0.1) is 0 Å². The van der Waals surface area contributed by atoms with Gasteiger partial charge in [-0.2, -0.15) is 19.9 Å². The van der Waals surface area contributed by atoms with Crippen molar-refractivity contribution in [2.45, 2.75) is 0 Å². The van der Waals surface area contributed by atoms with Crippen LogP contribution in [-0.4, -0.2) is 26.3 Å². The van der Waals surface area contributed by atoms with Gasteiger partial charge in [-0.05, 0) is 0 Å². The molecule has 22 heavy (non-hydrogen) atoms. The molecule has 0 saturated carbocycles. The van der Waals surface area contributed by atoms with E-state index in [-0.39, 0.29) is 43.9 Å². The first-order valence-electron chi connectivity index (χ1n) is 5.19. The second-order valence-electron chi connectivity index (χ2n) is 3.38. The molecule has 0 radical (unpaired) electrons. The molecular formula is C9H8Cl4N8O. The van der Waals surface area contributed by atoms with E-state index in [0.29, 0.717) is 6.41 Å². The zero-order chi connectivity index (χ0) is 16.9. The second-order valence-corrected chi connectivity index (χ2v) is 4.81. The van der Waals surface area contributed by atoms with E-state index in [1.165, 1.54) is 0 Å². The molecule has 0 aliphatic heterocycles. The topological polar surface area (TPSA) is 159 Å². The van der Waals surface area contributed by atoms with Crippen LogP contribution < -0.4 is 22.5 Å². The van der Waals surface area contributed by atoms with Crippen LogP contribution in [0.25, 0.3) is 0 Å². The molecule has 0 aliphatic carbocycles. The fourth-order valence-electron chi connectivity index (χ4n) is 1.03. The van der Waals surface area contributed by atoms with Crippen molar-refractivity contribution in [2.75, 3.05) is 22.5 Å². The van der Waals surface area contributed by atoms with Gasteiger partial charge in [0.15, 0.2) is 20.6 Å². The number of nitrogens with two attached hydrogens (primary N) is 3. The minimum atomic E-state index is -0.0403. The van der Waals surface area contributed by atoms with Crippen LogP contribution in [0.2, 0.25) is 20.6 Å². The standard InChI is InChI=1S/C5H4Cl2N4O.C4H4Cl2N4/c6-3-2(9-1-12)4(7)11-5(8)10-3;5-2-1(7)3(6)10-4(8)9-2/h1H,(H,9,12)(H2,8,10,11);7H2,(H2,8,9,10). The number of aromatic nitrogens is 4. The lowest BCUT2D eigenvalue weighted by Crippen LogP contribution is -2.02. The number of carbonyl (C=O) groups is 1.